The highest BCUT2D eigenvalue weighted by atomic mass is 32.1. The maximum absolute atomic E-state index is 6.39. The number of benzene rings is 3. The fourth-order valence-corrected chi connectivity index (χ4v) is 5.88. The summed E-state index contributed by atoms with van der Waals surface area (Å²) in [5, 5.41) is 0. The van der Waals surface area contributed by atoms with E-state index in [2.05, 4.69) is 140 Å². The molecule has 0 amide bonds. The molecule has 3 aromatic carbocycles. The van der Waals surface area contributed by atoms with Gasteiger partial charge in [0, 0.05) is 23.3 Å². The predicted molar refractivity (Wildman–Crippen MR) is 213 cm³/mol. The lowest BCUT2D eigenvalue weighted by Gasteiger charge is -2.25. The van der Waals surface area contributed by atoms with Gasteiger partial charge in [0.15, 0.2) is 0 Å². The first-order valence-corrected chi connectivity index (χ1v) is 18.4. The van der Waals surface area contributed by atoms with Crippen LogP contribution in [0.3, 0.4) is 0 Å². The molecule has 0 fully saturated rings. The first kappa shape index (κ1) is 37.1. The molecule has 256 valence electrons. The van der Waals surface area contributed by atoms with Crippen molar-refractivity contribution in [3.63, 3.8) is 0 Å². The van der Waals surface area contributed by atoms with Crippen LogP contribution < -0.4 is 9.47 Å². The van der Waals surface area contributed by atoms with Gasteiger partial charge in [0.25, 0.3) is 0 Å². The van der Waals surface area contributed by atoms with Crippen LogP contribution >= 0.6 is 22.7 Å². The van der Waals surface area contributed by atoms with E-state index >= 15 is 0 Å². The second-order valence-electron chi connectivity index (χ2n) is 14.2. The predicted octanol–water partition coefficient (Wildman–Crippen LogP) is 8.36. The van der Waals surface area contributed by atoms with Gasteiger partial charge < -0.3 is 9.47 Å². The molecule has 5 rings (SSSR count). The highest BCUT2D eigenvalue weighted by Crippen LogP contribution is 2.30. The topological polar surface area (TPSA) is 18.5 Å². The Kier molecular flexibility index (Phi) is 12.1. The van der Waals surface area contributed by atoms with Crippen molar-refractivity contribution in [3.05, 3.63) is 138 Å². The molecule has 0 N–H and O–H groups in total. The summed E-state index contributed by atoms with van der Waals surface area (Å²) in [4.78, 5) is 3.78. The van der Waals surface area contributed by atoms with Gasteiger partial charge in [0.2, 0.25) is 13.5 Å². The molecule has 5 aromatic rings. The van der Waals surface area contributed by atoms with E-state index < -0.39 is 0 Å². The van der Waals surface area contributed by atoms with Crippen LogP contribution in [-0.2, 0) is 6.42 Å². The van der Waals surface area contributed by atoms with E-state index in [0.717, 1.165) is 48.2 Å². The Morgan fingerprint density at radius 1 is 0.490 bits per heavy atom. The summed E-state index contributed by atoms with van der Waals surface area (Å²) in [5.74, 6) is 27.8. The molecule has 2 aromatic heterocycles. The van der Waals surface area contributed by atoms with Crippen molar-refractivity contribution < 1.29 is 18.4 Å². The van der Waals surface area contributed by atoms with E-state index in [-0.39, 0.29) is 0 Å². The molecule has 0 aliphatic rings. The smallest absolute Gasteiger partial charge is 0.223 e. The molecule has 0 bridgehead atoms. The molecule has 51 heavy (non-hydrogen) atoms. The third-order valence-electron chi connectivity index (χ3n) is 7.22. The maximum Gasteiger partial charge on any atom is 0.223 e. The van der Waals surface area contributed by atoms with Crippen molar-refractivity contribution in [2.45, 2.75) is 20.3 Å². The van der Waals surface area contributed by atoms with Crippen LogP contribution in [-0.4, -0.2) is 64.7 Å². The van der Waals surface area contributed by atoms with Crippen LogP contribution in [0.5, 0.6) is 11.5 Å². The zero-order valence-corrected chi connectivity index (χ0v) is 32.4. The normalized spacial score (nSPS) is 10.7. The molecule has 0 saturated carbocycles. The maximum atomic E-state index is 6.39. The summed E-state index contributed by atoms with van der Waals surface area (Å²) in [6.45, 7) is 5.16. The minimum atomic E-state index is 0.465. The molecular formula is C45H44N2O2S2+2. The third-order valence-corrected chi connectivity index (χ3v) is 9.06. The van der Waals surface area contributed by atoms with Crippen LogP contribution in [0.25, 0.3) is 0 Å². The molecular weight excluding hydrogens is 665 g/mol. The van der Waals surface area contributed by atoms with E-state index in [0.29, 0.717) is 33.9 Å². The first-order valence-electron chi connectivity index (χ1n) is 16.8. The Bertz CT molecular complexity index is 2230. The fraction of sp³-hybridized carbons (Fsp3) is 0.244. The van der Waals surface area contributed by atoms with Crippen LogP contribution in [0.4, 0.5) is 0 Å². The van der Waals surface area contributed by atoms with E-state index in [9.17, 15) is 0 Å². The van der Waals surface area contributed by atoms with Gasteiger partial charge in [-0.05, 0) is 67.4 Å². The van der Waals surface area contributed by atoms with Gasteiger partial charge in [0.1, 0.15) is 11.5 Å². The van der Waals surface area contributed by atoms with E-state index in [4.69, 9.17) is 9.47 Å². The van der Waals surface area contributed by atoms with Crippen LogP contribution in [0.2, 0.25) is 0 Å². The Balaban J connectivity index is 1.45. The van der Waals surface area contributed by atoms with Crippen molar-refractivity contribution in [1.29, 1.82) is 0 Å². The standard InChI is InChI=1S/C45H44N2O2S2/c1-9-35-14-16-37(17-15-35)19-23-41-27-29-43(51-41)25-21-39-31-44(48-32-46(3,4)5)38(30-45(39)49-33-47(6,7)8)20-24-42-28-26-40(50-42)22-18-36-12-10-34(2)11-13-36/h10-17,26-31H,9,32-33H2,1-8H3/q+2. The van der Waals surface area contributed by atoms with Crippen molar-refractivity contribution >= 4 is 22.7 Å². The van der Waals surface area contributed by atoms with Gasteiger partial charge in [0.05, 0.1) is 72.9 Å². The number of ether oxygens (including phenoxy) is 2. The lowest BCUT2D eigenvalue weighted by molar-refractivity contribution is -0.886. The Hall–Kier alpha value is -5.18. The van der Waals surface area contributed by atoms with Crippen LogP contribution in [0, 0.1) is 54.3 Å². The first-order chi connectivity index (χ1) is 24.3. The highest BCUT2D eigenvalue weighted by molar-refractivity contribution is 7.13. The highest BCUT2D eigenvalue weighted by Gasteiger charge is 2.16. The van der Waals surface area contributed by atoms with Gasteiger partial charge in [-0.25, -0.2) is 0 Å². The molecule has 0 radical (unpaired) electrons. The monoisotopic (exact) mass is 708 g/mol. The summed E-state index contributed by atoms with van der Waals surface area (Å²) >= 11 is 3.15. The zero-order valence-electron chi connectivity index (χ0n) is 30.7. The molecule has 0 aliphatic carbocycles. The molecule has 0 aliphatic heterocycles. The van der Waals surface area contributed by atoms with Gasteiger partial charge in [-0.3, -0.25) is 8.97 Å². The molecule has 6 heteroatoms. The summed E-state index contributed by atoms with van der Waals surface area (Å²) in [6, 6.07) is 28.6. The average molecular weight is 709 g/mol. The van der Waals surface area contributed by atoms with Gasteiger partial charge in [-0.1, -0.05) is 84.1 Å². The summed E-state index contributed by atoms with van der Waals surface area (Å²) in [6.07, 6.45) is 1.02. The largest absolute Gasteiger partial charge is 0.444 e. The van der Waals surface area contributed by atoms with Crippen molar-refractivity contribution in [1.82, 2.24) is 0 Å². The van der Waals surface area contributed by atoms with Crippen LogP contribution in [0.1, 0.15) is 59.8 Å². The lowest BCUT2D eigenvalue weighted by Crippen LogP contribution is -2.38. The number of thiophene rings is 2. The third kappa shape index (κ3) is 12.0. The number of aryl methyl sites for hydroxylation is 2. The molecule has 0 spiro atoms. The number of rotatable bonds is 7. The van der Waals surface area contributed by atoms with Gasteiger partial charge in [-0.2, -0.15) is 0 Å². The van der Waals surface area contributed by atoms with Crippen molar-refractivity contribution in [2.24, 2.45) is 0 Å². The van der Waals surface area contributed by atoms with E-state index in [1.165, 1.54) is 11.1 Å². The van der Waals surface area contributed by atoms with Gasteiger partial charge >= 0.3 is 0 Å². The minimum Gasteiger partial charge on any atom is -0.444 e. The Morgan fingerprint density at radius 3 is 1.24 bits per heavy atom. The lowest BCUT2D eigenvalue weighted by atomic mass is 10.1. The molecule has 4 nitrogen and oxygen atoms in total. The Labute approximate surface area is 312 Å². The Morgan fingerprint density at radius 2 is 0.863 bits per heavy atom. The quantitative estimate of drug-likeness (QED) is 0.0962. The van der Waals surface area contributed by atoms with Crippen molar-refractivity contribution in [2.75, 3.05) is 55.7 Å². The van der Waals surface area contributed by atoms with Gasteiger partial charge in [-0.15, -0.1) is 22.7 Å². The summed E-state index contributed by atoms with van der Waals surface area (Å²) in [7, 11) is 12.5. The number of quaternary nitrogens is 2. The van der Waals surface area contributed by atoms with E-state index in [1.807, 2.05) is 48.5 Å². The summed E-state index contributed by atoms with van der Waals surface area (Å²) < 4.78 is 14.0. The molecule has 0 atom stereocenters. The molecule has 2 heterocycles. The number of nitrogens with zero attached hydrogens (tertiary/aromatic N) is 2. The second kappa shape index (κ2) is 16.7. The fourth-order valence-electron chi connectivity index (χ4n) is 4.45. The molecule has 0 unspecified atom stereocenters. The number of hydrogen-bond acceptors (Lipinski definition) is 4. The molecule has 0 saturated heterocycles. The summed E-state index contributed by atoms with van der Waals surface area (Å²) in [5.41, 5.74) is 6.01. The van der Waals surface area contributed by atoms with Crippen molar-refractivity contribution in [3.8, 4) is 58.9 Å². The van der Waals surface area contributed by atoms with Crippen LogP contribution in [0.15, 0.2) is 84.9 Å². The zero-order chi connectivity index (χ0) is 36.4. The second-order valence-corrected chi connectivity index (χ2v) is 16.4. The number of hydrogen-bond donors (Lipinski definition) is 0. The van der Waals surface area contributed by atoms with E-state index in [1.54, 1.807) is 22.7 Å². The minimum absolute atomic E-state index is 0.465. The SMILES string of the molecule is CCc1ccc(C#Cc2ccc(C#Cc3cc(OC[N+](C)(C)C)c(C#Cc4ccc(C#Cc5ccc(C)cc5)s4)cc3OC[N+](C)(C)C)s2)cc1. The average Bonchev–Trinajstić information content (AvgIpc) is 3.76.